The summed E-state index contributed by atoms with van der Waals surface area (Å²) >= 11 is 0. The Balaban J connectivity index is 1.57. The van der Waals surface area contributed by atoms with Gasteiger partial charge < -0.3 is 10.1 Å². The summed E-state index contributed by atoms with van der Waals surface area (Å²) in [4.78, 5) is 12.5. The second-order valence-electron chi connectivity index (χ2n) is 7.01. The molecule has 156 valence electrons. The van der Waals surface area contributed by atoms with Gasteiger partial charge in [-0.15, -0.1) is 0 Å². The average molecular weight is 426 g/mol. The van der Waals surface area contributed by atoms with E-state index < -0.39 is 22.1 Å². The number of carbonyl (C=O) groups is 1. The zero-order chi connectivity index (χ0) is 21.3. The first-order valence-corrected chi connectivity index (χ1v) is 11.0. The minimum absolute atomic E-state index is 0.0770. The third kappa shape index (κ3) is 3.52. The third-order valence-electron chi connectivity index (χ3n) is 5.20. The van der Waals surface area contributed by atoms with E-state index in [4.69, 9.17) is 4.74 Å². The molecule has 2 aromatic rings. The maximum Gasteiger partial charge on any atom is 0.329 e. The predicted octanol–water partition coefficient (Wildman–Crippen LogP) is 2.91. The van der Waals surface area contributed by atoms with E-state index in [0.29, 0.717) is 19.6 Å². The zero-order valence-corrected chi connectivity index (χ0v) is 17.3. The van der Waals surface area contributed by atoms with Crippen LogP contribution in [0.3, 0.4) is 0 Å². The standard InChI is InChI=1S/C21H22N4O4S/c1-14(20-25(22-2)12-7-13-29-20)30(27,28)24-21(26)23-19-17-10-5-3-8-15(17)16-9-4-6-11-18(16)19/h3-6,8-11,19H,2,7,12-13H2,1H3,(H2,23,24,26)/b20-14-. The van der Waals surface area contributed by atoms with Crippen LogP contribution >= 0.6 is 0 Å². The molecular formula is C21H22N4O4S. The van der Waals surface area contributed by atoms with Gasteiger partial charge in [0.15, 0.2) is 0 Å². The van der Waals surface area contributed by atoms with Crippen molar-refractivity contribution in [3.8, 4) is 11.1 Å². The quantitative estimate of drug-likeness (QED) is 0.733. The molecule has 2 amide bonds. The molecule has 1 saturated heterocycles. The number of benzene rings is 2. The summed E-state index contributed by atoms with van der Waals surface area (Å²) in [5, 5.41) is 7.95. The highest BCUT2D eigenvalue weighted by molar-refractivity contribution is 7.93. The summed E-state index contributed by atoms with van der Waals surface area (Å²) in [6.45, 7) is 5.67. The first kappa shape index (κ1) is 20.0. The Kier molecular flexibility index (Phi) is 5.21. The van der Waals surface area contributed by atoms with E-state index in [0.717, 1.165) is 22.3 Å². The first-order chi connectivity index (χ1) is 14.4. The highest BCUT2D eigenvalue weighted by Gasteiger charge is 2.31. The van der Waals surface area contributed by atoms with Gasteiger partial charge in [-0.25, -0.2) is 22.9 Å². The van der Waals surface area contributed by atoms with Gasteiger partial charge >= 0.3 is 6.03 Å². The van der Waals surface area contributed by atoms with Gasteiger partial charge in [0.25, 0.3) is 10.0 Å². The molecule has 2 N–H and O–H groups in total. The number of rotatable bonds is 4. The Labute approximate surface area is 175 Å². The van der Waals surface area contributed by atoms with Crippen molar-refractivity contribution in [3.63, 3.8) is 0 Å². The molecule has 1 heterocycles. The van der Waals surface area contributed by atoms with E-state index in [1.54, 1.807) is 0 Å². The van der Waals surface area contributed by atoms with Crippen molar-refractivity contribution < 1.29 is 17.9 Å². The monoisotopic (exact) mass is 426 g/mol. The summed E-state index contributed by atoms with van der Waals surface area (Å²) in [6.07, 6.45) is 0.699. The fraction of sp³-hybridized carbons (Fsp3) is 0.238. The number of allylic oxidation sites excluding steroid dienone is 1. The minimum atomic E-state index is -4.14. The van der Waals surface area contributed by atoms with Crippen LogP contribution in [0.5, 0.6) is 0 Å². The number of ether oxygens (including phenoxy) is 1. The summed E-state index contributed by atoms with van der Waals surface area (Å²) in [5.41, 5.74) is 3.86. The van der Waals surface area contributed by atoms with E-state index in [1.165, 1.54) is 11.9 Å². The van der Waals surface area contributed by atoms with Crippen molar-refractivity contribution in [1.29, 1.82) is 0 Å². The van der Waals surface area contributed by atoms with Crippen LogP contribution in [-0.2, 0) is 14.8 Å². The number of carbonyl (C=O) groups excluding carboxylic acids is 1. The summed E-state index contributed by atoms with van der Waals surface area (Å²) < 4.78 is 33.1. The number of hydrogen-bond donors (Lipinski definition) is 2. The van der Waals surface area contributed by atoms with Crippen molar-refractivity contribution >= 4 is 22.8 Å². The smallest absolute Gasteiger partial charge is 0.329 e. The molecule has 0 bridgehead atoms. The topological polar surface area (TPSA) is 100 Å². The molecule has 0 unspecified atom stereocenters. The molecule has 1 aliphatic heterocycles. The second kappa shape index (κ2) is 7.83. The summed E-state index contributed by atoms with van der Waals surface area (Å²) in [5.74, 6) is 0.0770. The van der Waals surface area contributed by atoms with Gasteiger partial charge in [0.05, 0.1) is 12.6 Å². The first-order valence-electron chi connectivity index (χ1n) is 9.52. The molecule has 8 nitrogen and oxygen atoms in total. The van der Waals surface area contributed by atoms with Gasteiger partial charge in [-0.05, 0) is 29.2 Å². The number of amides is 2. The lowest BCUT2D eigenvalue weighted by molar-refractivity contribution is 0.0655. The Morgan fingerprint density at radius 2 is 1.73 bits per heavy atom. The number of fused-ring (bicyclic) bond motifs is 3. The largest absolute Gasteiger partial charge is 0.477 e. The van der Waals surface area contributed by atoms with Gasteiger partial charge in [0.1, 0.15) is 4.91 Å². The van der Waals surface area contributed by atoms with Crippen LogP contribution in [0.1, 0.15) is 30.5 Å². The second-order valence-corrected chi connectivity index (χ2v) is 8.84. The van der Waals surface area contributed by atoms with E-state index in [2.05, 4.69) is 21.9 Å². The maximum absolute atomic E-state index is 12.8. The summed E-state index contributed by atoms with van der Waals surface area (Å²) in [6, 6.07) is 14.2. The normalized spacial score (nSPS) is 17.4. The molecule has 1 aliphatic carbocycles. The molecule has 30 heavy (non-hydrogen) atoms. The highest BCUT2D eigenvalue weighted by Crippen LogP contribution is 2.42. The molecule has 4 rings (SSSR count). The van der Waals surface area contributed by atoms with Crippen LogP contribution in [0.2, 0.25) is 0 Å². The van der Waals surface area contributed by atoms with Gasteiger partial charge in [-0.1, -0.05) is 48.5 Å². The Morgan fingerprint density at radius 1 is 1.13 bits per heavy atom. The molecule has 0 aromatic heterocycles. The molecule has 0 saturated carbocycles. The van der Waals surface area contributed by atoms with Crippen molar-refractivity contribution in [2.75, 3.05) is 13.2 Å². The van der Waals surface area contributed by atoms with Crippen molar-refractivity contribution in [3.05, 3.63) is 70.4 Å². The number of urea groups is 1. The molecule has 1 fully saturated rings. The van der Waals surface area contributed by atoms with E-state index in [-0.39, 0.29) is 10.8 Å². The molecule has 0 atom stereocenters. The lowest BCUT2D eigenvalue weighted by Gasteiger charge is -2.28. The fourth-order valence-corrected chi connectivity index (χ4v) is 4.61. The number of hydrogen-bond acceptors (Lipinski definition) is 6. The molecule has 0 spiro atoms. The average Bonchev–Trinajstić information content (AvgIpc) is 3.06. The number of nitrogens with one attached hydrogen (secondary N) is 2. The number of nitrogens with zero attached hydrogens (tertiary/aromatic N) is 2. The molecule has 9 heteroatoms. The Morgan fingerprint density at radius 3 is 2.33 bits per heavy atom. The van der Waals surface area contributed by atoms with Gasteiger partial charge in [0, 0.05) is 19.7 Å². The molecule has 2 aromatic carbocycles. The molecular weight excluding hydrogens is 404 g/mol. The molecule has 2 aliphatic rings. The van der Waals surface area contributed by atoms with Crippen LogP contribution in [0.25, 0.3) is 11.1 Å². The van der Waals surface area contributed by atoms with Crippen molar-refractivity contribution in [2.24, 2.45) is 5.10 Å². The number of hydrazone groups is 1. The van der Waals surface area contributed by atoms with Crippen molar-refractivity contribution in [2.45, 2.75) is 19.4 Å². The Hall–Kier alpha value is -3.33. The highest BCUT2D eigenvalue weighted by atomic mass is 32.2. The van der Waals surface area contributed by atoms with Crippen LogP contribution in [-0.4, -0.2) is 39.3 Å². The van der Waals surface area contributed by atoms with Crippen LogP contribution in [0, 0.1) is 0 Å². The fourth-order valence-electron chi connectivity index (χ4n) is 3.76. The SMILES string of the molecule is C=NN1CCCO/C1=C(/C)S(=O)(=O)NC(=O)NC1c2ccccc2-c2ccccc21. The minimum Gasteiger partial charge on any atom is -0.477 e. The van der Waals surface area contributed by atoms with Gasteiger partial charge in [-0.2, -0.15) is 5.10 Å². The van der Waals surface area contributed by atoms with E-state index in [1.807, 2.05) is 48.5 Å². The van der Waals surface area contributed by atoms with Gasteiger partial charge in [0.2, 0.25) is 5.88 Å². The van der Waals surface area contributed by atoms with Gasteiger partial charge in [-0.3, -0.25) is 0 Å². The van der Waals surface area contributed by atoms with Crippen LogP contribution in [0.4, 0.5) is 4.79 Å². The molecule has 0 radical (unpaired) electrons. The van der Waals surface area contributed by atoms with Crippen LogP contribution in [0.15, 0.2) is 64.4 Å². The van der Waals surface area contributed by atoms with Crippen molar-refractivity contribution in [1.82, 2.24) is 15.0 Å². The number of sulfonamides is 1. The predicted molar refractivity (Wildman–Crippen MR) is 114 cm³/mol. The Bertz CT molecular complexity index is 1100. The summed E-state index contributed by atoms with van der Waals surface area (Å²) in [7, 11) is -4.14. The maximum atomic E-state index is 12.8. The lowest BCUT2D eigenvalue weighted by atomic mass is 10.1. The lowest BCUT2D eigenvalue weighted by Crippen LogP contribution is -2.42. The zero-order valence-electron chi connectivity index (χ0n) is 16.5. The van der Waals surface area contributed by atoms with Crippen LogP contribution < -0.4 is 10.0 Å². The van der Waals surface area contributed by atoms with E-state index in [9.17, 15) is 13.2 Å². The van der Waals surface area contributed by atoms with E-state index >= 15 is 0 Å². The third-order valence-corrected chi connectivity index (χ3v) is 6.63.